The molecule has 2 heterocycles. The SMILES string of the molecule is C[C@@H]1c2ccc(C#N)nc2CCN1C(=O)OC(C)(C)C. The number of pyridine rings is 1. The number of ether oxygens (including phenoxy) is 1. The lowest BCUT2D eigenvalue weighted by Crippen LogP contribution is -2.42. The van der Waals surface area contributed by atoms with Crippen LogP contribution in [0.25, 0.3) is 0 Å². The van der Waals surface area contributed by atoms with Gasteiger partial charge in [0.05, 0.1) is 6.04 Å². The zero-order chi connectivity index (χ0) is 14.9. The van der Waals surface area contributed by atoms with Crippen LogP contribution in [-0.4, -0.2) is 28.1 Å². The van der Waals surface area contributed by atoms with E-state index < -0.39 is 5.60 Å². The van der Waals surface area contributed by atoms with Crippen molar-refractivity contribution in [2.24, 2.45) is 0 Å². The molecule has 2 rings (SSSR count). The fourth-order valence-corrected chi connectivity index (χ4v) is 2.31. The summed E-state index contributed by atoms with van der Waals surface area (Å²) in [7, 11) is 0. The number of hydrogen-bond donors (Lipinski definition) is 0. The number of amides is 1. The molecule has 0 aliphatic carbocycles. The van der Waals surface area contributed by atoms with Crippen LogP contribution in [0.15, 0.2) is 12.1 Å². The number of nitriles is 1. The summed E-state index contributed by atoms with van der Waals surface area (Å²) in [6.45, 7) is 8.08. The zero-order valence-electron chi connectivity index (χ0n) is 12.3. The molecule has 1 aromatic heterocycles. The number of rotatable bonds is 0. The Morgan fingerprint density at radius 1 is 1.50 bits per heavy atom. The second-order valence-corrected chi connectivity index (χ2v) is 5.94. The predicted molar refractivity (Wildman–Crippen MR) is 74.0 cm³/mol. The summed E-state index contributed by atoms with van der Waals surface area (Å²) in [5.74, 6) is 0. The Labute approximate surface area is 119 Å². The quantitative estimate of drug-likeness (QED) is 0.729. The van der Waals surface area contributed by atoms with E-state index in [9.17, 15) is 4.79 Å². The molecule has 0 bridgehead atoms. The summed E-state index contributed by atoms with van der Waals surface area (Å²) in [4.78, 5) is 18.2. The number of hydrogen-bond acceptors (Lipinski definition) is 4. The van der Waals surface area contributed by atoms with Crippen molar-refractivity contribution in [1.82, 2.24) is 9.88 Å². The van der Waals surface area contributed by atoms with Crippen LogP contribution in [0.5, 0.6) is 0 Å². The number of nitrogens with zero attached hydrogens (tertiary/aromatic N) is 3. The predicted octanol–water partition coefficient (Wildman–Crippen LogP) is 2.81. The molecule has 0 unspecified atom stereocenters. The van der Waals surface area contributed by atoms with Crippen molar-refractivity contribution >= 4 is 6.09 Å². The topological polar surface area (TPSA) is 66.2 Å². The van der Waals surface area contributed by atoms with E-state index in [1.54, 1.807) is 11.0 Å². The Hall–Kier alpha value is -2.09. The standard InChI is InChI=1S/C15H19N3O2/c1-10-12-6-5-11(9-16)17-13(12)7-8-18(10)14(19)20-15(2,3)4/h5-6,10H,7-8H2,1-4H3/t10-/m1/s1. The van der Waals surface area contributed by atoms with E-state index in [0.717, 1.165) is 11.3 Å². The molecular weight excluding hydrogens is 254 g/mol. The van der Waals surface area contributed by atoms with E-state index in [1.807, 2.05) is 39.8 Å². The van der Waals surface area contributed by atoms with Gasteiger partial charge >= 0.3 is 6.09 Å². The first-order valence-electron chi connectivity index (χ1n) is 6.71. The van der Waals surface area contributed by atoms with Crippen molar-refractivity contribution in [2.75, 3.05) is 6.54 Å². The van der Waals surface area contributed by atoms with Gasteiger partial charge in [-0.2, -0.15) is 5.26 Å². The van der Waals surface area contributed by atoms with E-state index in [-0.39, 0.29) is 12.1 Å². The monoisotopic (exact) mass is 273 g/mol. The second-order valence-electron chi connectivity index (χ2n) is 5.94. The first kappa shape index (κ1) is 14.3. The lowest BCUT2D eigenvalue weighted by Gasteiger charge is -2.35. The first-order valence-corrected chi connectivity index (χ1v) is 6.71. The molecule has 0 radical (unpaired) electrons. The average Bonchev–Trinajstić information content (AvgIpc) is 2.36. The molecular formula is C15H19N3O2. The number of carbonyl (C=O) groups excluding carboxylic acids is 1. The third-order valence-corrected chi connectivity index (χ3v) is 3.26. The van der Waals surface area contributed by atoms with Crippen molar-refractivity contribution < 1.29 is 9.53 Å². The molecule has 0 N–H and O–H groups in total. The third kappa shape index (κ3) is 2.90. The lowest BCUT2D eigenvalue weighted by atomic mass is 9.98. The van der Waals surface area contributed by atoms with Gasteiger partial charge in [0.15, 0.2) is 0 Å². The van der Waals surface area contributed by atoms with Crippen LogP contribution < -0.4 is 0 Å². The van der Waals surface area contributed by atoms with E-state index in [0.29, 0.717) is 18.7 Å². The number of fused-ring (bicyclic) bond motifs is 1. The summed E-state index contributed by atoms with van der Waals surface area (Å²) in [6, 6.07) is 5.52. The second kappa shape index (κ2) is 5.12. The summed E-state index contributed by atoms with van der Waals surface area (Å²) < 4.78 is 5.42. The number of aromatic nitrogens is 1. The van der Waals surface area contributed by atoms with Crippen LogP contribution in [0.1, 0.15) is 50.7 Å². The average molecular weight is 273 g/mol. The van der Waals surface area contributed by atoms with Crippen molar-refractivity contribution in [3.05, 3.63) is 29.1 Å². The molecule has 0 saturated carbocycles. The summed E-state index contributed by atoms with van der Waals surface area (Å²) >= 11 is 0. The molecule has 1 amide bonds. The van der Waals surface area contributed by atoms with E-state index >= 15 is 0 Å². The van der Waals surface area contributed by atoms with Gasteiger partial charge in [0.25, 0.3) is 0 Å². The lowest BCUT2D eigenvalue weighted by molar-refractivity contribution is 0.0158. The highest BCUT2D eigenvalue weighted by atomic mass is 16.6. The van der Waals surface area contributed by atoms with Gasteiger partial charge in [-0.15, -0.1) is 0 Å². The largest absolute Gasteiger partial charge is 0.444 e. The van der Waals surface area contributed by atoms with E-state index in [4.69, 9.17) is 10.00 Å². The van der Waals surface area contributed by atoms with Gasteiger partial charge in [-0.25, -0.2) is 9.78 Å². The molecule has 106 valence electrons. The minimum atomic E-state index is -0.500. The van der Waals surface area contributed by atoms with Gasteiger partial charge in [-0.1, -0.05) is 6.07 Å². The highest BCUT2D eigenvalue weighted by Crippen LogP contribution is 2.29. The normalized spacial score (nSPS) is 18.1. The van der Waals surface area contributed by atoms with Crippen LogP contribution in [0.3, 0.4) is 0 Å². The Kier molecular flexibility index (Phi) is 3.67. The van der Waals surface area contributed by atoms with E-state index in [2.05, 4.69) is 4.98 Å². The van der Waals surface area contributed by atoms with Gasteiger partial charge in [0.2, 0.25) is 0 Å². The highest BCUT2D eigenvalue weighted by molar-refractivity contribution is 5.69. The molecule has 0 spiro atoms. The molecule has 0 fully saturated rings. The Balaban J connectivity index is 2.22. The Morgan fingerprint density at radius 3 is 2.80 bits per heavy atom. The van der Waals surface area contributed by atoms with Gasteiger partial charge in [0.1, 0.15) is 17.4 Å². The maximum absolute atomic E-state index is 12.2. The van der Waals surface area contributed by atoms with Crippen LogP contribution >= 0.6 is 0 Å². The van der Waals surface area contributed by atoms with Gasteiger partial charge in [-0.3, -0.25) is 0 Å². The Morgan fingerprint density at radius 2 is 2.20 bits per heavy atom. The minimum absolute atomic E-state index is 0.0890. The number of carbonyl (C=O) groups is 1. The molecule has 1 aliphatic rings. The summed E-state index contributed by atoms with van der Waals surface area (Å²) in [6.07, 6.45) is 0.342. The Bertz CT molecular complexity index is 569. The van der Waals surface area contributed by atoms with Crippen LogP contribution in [0, 0.1) is 11.3 Å². The molecule has 1 atom stereocenters. The molecule has 1 aromatic rings. The van der Waals surface area contributed by atoms with Gasteiger partial charge < -0.3 is 9.64 Å². The van der Waals surface area contributed by atoms with Crippen LogP contribution in [0.2, 0.25) is 0 Å². The van der Waals surface area contributed by atoms with Crippen LogP contribution in [-0.2, 0) is 11.2 Å². The van der Waals surface area contributed by atoms with Crippen molar-refractivity contribution in [3.8, 4) is 6.07 Å². The molecule has 0 aromatic carbocycles. The van der Waals surface area contributed by atoms with E-state index in [1.165, 1.54) is 0 Å². The summed E-state index contributed by atoms with van der Waals surface area (Å²) in [5, 5.41) is 8.88. The zero-order valence-corrected chi connectivity index (χ0v) is 12.3. The molecule has 5 nitrogen and oxygen atoms in total. The smallest absolute Gasteiger partial charge is 0.410 e. The fourth-order valence-electron chi connectivity index (χ4n) is 2.31. The fraction of sp³-hybridized carbons (Fsp3) is 0.533. The molecule has 5 heteroatoms. The van der Waals surface area contributed by atoms with Crippen molar-refractivity contribution in [2.45, 2.75) is 45.8 Å². The van der Waals surface area contributed by atoms with Crippen molar-refractivity contribution in [1.29, 1.82) is 5.26 Å². The molecule has 1 aliphatic heterocycles. The molecule has 20 heavy (non-hydrogen) atoms. The van der Waals surface area contributed by atoms with Crippen LogP contribution in [0.4, 0.5) is 4.79 Å². The summed E-state index contributed by atoms with van der Waals surface area (Å²) in [5.41, 5.74) is 1.80. The van der Waals surface area contributed by atoms with Crippen molar-refractivity contribution in [3.63, 3.8) is 0 Å². The third-order valence-electron chi connectivity index (χ3n) is 3.26. The van der Waals surface area contributed by atoms with Gasteiger partial charge in [-0.05, 0) is 39.3 Å². The van der Waals surface area contributed by atoms with Gasteiger partial charge in [0, 0.05) is 18.7 Å². The highest BCUT2D eigenvalue weighted by Gasteiger charge is 2.31. The first-order chi connectivity index (χ1) is 9.31. The minimum Gasteiger partial charge on any atom is -0.444 e. The molecule has 0 saturated heterocycles. The maximum Gasteiger partial charge on any atom is 0.410 e. The maximum atomic E-state index is 12.2.